The Hall–Kier alpha value is -1.05. The molecule has 0 fully saturated rings. The van der Waals surface area contributed by atoms with Crippen LogP contribution in [0.25, 0.3) is 0 Å². The number of ether oxygens (including phenoxy) is 1. The van der Waals surface area contributed by atoms with Crippen LogP contribution in [0.4, 0.5) is 0 Å². The van der Waals surface area contributed by atoms with E-state index < -0.39 is 0 Å². The molecule has 1 heterocycles. The van der Waals surface area contributed by atoms with Crippen LogP contribution >= 0.6 is 0 Å². The molecule has 0 spiro atoms. The van der Waals surface area contributed by atoms with Gasteiger partial charge in [-0.2, -0.15) is 0 Å². The zero-order valence-electron chi connectivity index (χ0n) is 8.74. The highest BCUT2D eigenvalue weighted by Crippen LogP contribution is 2.08. The summed E-state index contributed by atoms with van der Waals surface area (Å²) in [6, 6.07) is 0. The summed E-state index contributed by atoms with van der Waals surface area (Å²) in [5.41, 5.74) is 0. The Morgan fingerprint density at radius 2 is 2.43 bits per heavy atom. The Morgan fingerprint density at radius 1 is 1.57 bits per heavy atom. The summed E-state index contributed by atoms with van der Waals surface area (Å²) >= 11 is 0. The fourth-order valence-corrected chi connectivity index (χ4v) is 1.38. The molecule has 2 nitrogen and oxygen atoms in total. The first-order valence-corrected chi connectivity index (χ1v) is 5.35. The van der Waals surface area contributed by atoms with Crippen LogP contribution in [0.15, 0.2) is 24.3 Å². The normalized spacial score (nSPS) is 21.5. The van der Waals surface area contributed by atoms with Crippen molar-refractivity contribution in [3.63, 3.8) is 0 Å². The third kappa shape index (κ3) is 4.26. The molecular weight excluding hydrogens is 176 g/mol. The van der Waals surface area contributed by atoms with E-state index in [0.29, 0.717) is 6.42 Å². The number of carbonyl (C=O) groups excluding carboxylic acids is 1. The van der Waals surface area contributed by atoms with Crippen LogP contribution in [0.2, 0.25) is 0 Å². The second kappa shape index (κ2) is 6.41. The van der Waals surface area contributed by atoms with E-state index in [1.54, 1.807) is 0 Å². The molecule has 0 aromatic rings. The van der Waals surface area contributed by atoms with Crippen LogP contribution in [0, 0.1) is 0 Å². The highest BCUT2D eigenvalue weighted by molar-refractivity contribution is 5.72. The molecule has 78 valence electrons. The van der Waals surface area contributed by atoms with E-state index in [1.807, 2.05) is 18.2 Å². The van der Waals surface area contributed by atoms with Crippen molar-refractivity contribution >= 4 is 5.97 Å². The second-order valence-electron chi connectivity index (χ2n) is 3.51. The Kier molecular flexibility index (Phi) is 5.05. The topological polar surface area (TPSA) is 26.3 Å². The van der Waals surface area contributed by atoms with Crippen molar-refractivity contribution in [2.24, 2.45) is 0 Å². The third-order valence-electron chi connectivity index (χ3n) is 2.18. The number of hydrogen-bond acceptors (Lipinski definition) is 2. The summed E-state index contributed by atoms with van der Waals surface area (Å²) < 4.78 is 5.08. The molecule has 2 heteroatoms. The van der Waals surface area contributed by atoms with Crippen LogP contribution in [0.5, 0.6) is 0 Å². The summed E-state index contributed by atoms with van der Waals surface area (Å²) in [5, 5.41) is 0. The number of cyclic esters (lactones) is 1. The highest BCUT2D eigenvalue weighted by atomic mass is 16.5. The SMILES string of the molecule is CCCCC/C=C\[C@@H]1C=CCC(=O)O1. The molecular formula is C12H18O2. The number of esters is 1. The smallest absolute Gasteiger partial charge is 0.310 e. The average Bonchev–Trinajstić information content (AvgIpc) is 2.18. The van der Waals surface area contributed by atoms with Gasteiger partial charge in [0.25, 0.3) is 0 Å². The lowest BCUT2D eigenvalue weighted by Gasteiger charge is -2.13. The van der Waals surface area contributed by atoms with Crippen molar-refractivity contribution in [1.82, 2.24) is 0 Å². The van der Waals surface area contributed by atoms with Gasteiger partial charge in [-0.1, -0.05) is 31.9 Å². The van der Waals surface area contributed by atoms with Gasteiger partial charge in [0.1, 0.15) is 6.10 Å². The summed E-state index contributed by atoms with van der Waals surface area (Å²) in [5.74, 6) is -0.129. The van der Waals surface area contributed by atoms with Crippen LogP contribution in [0.1, 0.15) is 39.0 Å². The summed E-state index contributed by atoms with van der Waals surface area (Å²) in [6.45, 7) is 2.19. The second-order valence-corrected chi connectivity index (χ2v) is 3.51. The van der Waals surface area contributed by atoms with Gasteiger partial charge < -0.3 is 4.74 Å². The minimum Gasteiger partial charge on any atom is -0.454 e. The molecule has 0 bridgehead atoms. The van der Waals surface area contributed by atoms with Crippen LogP contribution in [-0.4, -0.2) is 12.1 Å². The maximum atomic E-state index is 10.9. The number of allylic oxidation sites excluding steroid dienone is 1. The fraction of sp³-hybridized carbons (Fsp3) is 0.583. The van der Waals surface area contributed by atoms with Gasteiger partial charge in [0, 0.05) is 0 Å². The minimum absolute atomic E-state index is 0.127. The first kappa shape index (κ1) is 11.0. The summed E-state index contributed by atoms with van der Waals surface area (Å²) in [4.78, 5) is 10.9. The average molecular weight is 194 g/mol. The van der Waals surface area contributed by atoms with Crippen molar-refractivity contribution < 1.29 is 9.53 Å². The van der Waals surface area contributed by atoms with Crippen molar-refractivity contribution in [2.75, 3.05) is 0 Å². The van der Waals surface area contributed by atoms with E-state index in [0.717, 1.165) is 6.42 Å². The van der Waals surface area contributed by atoms with Crippen molar-refractivity contribution in [2.45, 2.75) is 45.1 Å². The lowest BCUT2D eigenvalue weighted by atomic mass is 10.1. The first-order valence-electron chi connectivity index (χ1n) is 5.35. The van der Waals surface area contributed by atoms with E-state index in [9.17, 15) is 4.79 Å². The molecule has 0 aliphatic carbocycles. The van der Waals surface area contributed by atoms with Crippen molar-refractivity contribution in [3.05, 3.63) is 24.3 Å². The number of carbonyl (C=O) groups is 1. The van der Waals surface area contributed by atoms with Crippen LogP contribution in [-0.2, 0) is 9.53 Å². The van der Waals surface area contributed by atoms with E-state index in [1.165, 1.54) is 19.3 Å². The van der Waals surface area contributed by atoms with Crippen LogP contribution < -0.4 is 0 Å². The van der Waals surface area contributed by atoms with Gasteiger partial charge in [0.2, 0.25) is 0 Å². The molecule has 0 N–H and O–H groups in total. The van der Waals surface area contributed by atoms with E-state index >= 15 is 0 Å². The third-order valence-corrected chi connectivity index (χ3v) is 2.18. The molecule has 0 radical (unpaired) electrons. The Bertz CT molecular complexity index is 228. The van der Waals surface area contributed by atoms with Crippen LogP contribution in [0.3, 0.4) is 0 Å². The monoisotopic (exact) mass is 194 g/mol. The van der Waals surface area contributed by atoms with Gasteiger partial charge in [-0.3, -0.25) is 4.79 Å². The summed E-state index contributed by atoms with van der Waals surface area (Å²) in [7, 11) is 0. The zero-order chi connectivity index (χ0) is 10.2. The maximum absolute atomic E-state index is 10.9. The molecule has 1 aliphatic rings. The predicted molar refractivity (Wildman–Crippen MR) is 56.9 cm³/mol. The van der Waals surface area contributed by atoms with Gasteiger partial charge in [-0.25, -0.2) is 0 Å². The Morgan fingerprint density at radius 3 is 3.14 bits per heavy atom. The molecule has 0 saturated heterocycles. The fourth-order valence-electron chi connectivity index (χ4n) is 1.38. The lowest BCUT2D eigenvalue weighted by Crippen LogP contribution is -2.16. The lowest BCUT2D eigenvalue weighted by molar-refractivity contribution is -0.144. The van der Waals surface area contributed by atoms with E-state index in [2.05, 4.69) is 13.0 Å². The largest absolute Gasteiger partial charge is 0.454 e. The standard InChI is InChI=1S/C12H18O2/c1-2-3-4-5-6-8-11-9-7-10-12(13)14-11/h6-9,11H,2-5,10H2,1H3/b8-6-/t11-/m1/s1. The predicted octanol–water partition coefficient (Wildman–Crippen LogP) is 2.99. The van der Waals surface area contributed by atoms with Crippen molar-refractivity contribution in [1.29, 1.82) is 0 Å². The molecule has 1 rings (SSSR count). The molecule has 0 saturated carbocycles. The Labute approximate surface area is 85.6 Å². The zero-order valence-corrected chi connectivity index (χ0v) is 8.74. The Balaban J connectivity index is 2.19. The van der Waals surface area contributed by atoms with Gasteiger partial charge in [-0.15, -0.1) is 0 Å². The quantitative estimate of drug-likeness (QED) is 0.382. The maximum Gasteiger partial charge on any atom is 0.310 e. The molecule has 1 atom stereocenters. The van der Waals surface area contributed by atoms with Gasteiger partial charge in [-0.05, 0) is 25.0 Å². The molecule has 0 unspecified atom stereocenters. The minimum atomic E-state index is -0.129. The van der Waals surface area contributed by atoms with E-state index in [-0.39, 0.29) is 12.1 Å². The van der Waals surface area contributed by atoms with Gasteiger partial charge >= 0.3 is 5.97 Å². The molecule has 0 amide bonds. The first-order chi connectivity index (χ1) is 6.83. The van der Waals surface area contributed by atoms with E-state index in [4.69, 9.17) is 4.74 Å². The number of unbranched alkanes of at least 4 members (excludes halogenated alkanes) is 3. The summed E-state index contributed by atoms with van der Waals surface area (Å²) in [6.07, 6.45) is 13.0. The highest BCUT2D eigenvalue weighted by Gasteiger charge is 2.11. The van der Waals surface area contributed by atoms with Gasteiger partial charge in [0.05, 0.1) is 6.42 Å². The number of hydrogen-bond donors (Lipinski definition) is 0. The molecule has 1 aliphatic heterocycles. The van der Waals surface area contributed by atoms with Gasteiger partial charge in [0.15, 0.2) is 0 Å². The molecule has 14 heavy (non-hydrogen) atoms. The van der Waals surface area contributed by atoms with Crippen molar-refractivity contribution in [3.8, 4) is 0 Å². The molecule has 0 aromatic heterocycles. The molecule has 0 aromatic carbocycles. The number of rotatable bonds is 5.